The molecule has 1 unspecified atom stereocenters. The molecule has 1 atom stereocenters. The Hall–Kier alpha value is -2.80. The summed E-state index contributed by atoms with van der Waals surface area (Å²) >= 11 is 1.87. The van der Waals surface area contributed by atoms with Gasteiger partial charge in [0, 0.05) is 67.9 Å². The van der Waals surface area contributed by atoms with E-state index in [0.717, 1.165) is 51.1 Å². The molecule has 0 bridgehead atoms. The summed E-state index contributed by atoms with van der Waals surface area (Å²) in [5.74, 6) is -0.0399. The number of anilines is 1. The smallest absolute Gasteiger partial charge is 0.219 e. The van der Waals surface area contributed by atoms with Crippen LogP contribution in [0.3, 0.4) is 0 Å². The molecule has 32 heavy (non-hydrogen) atoms. The van der Waals surface area contributed by atoms with Crippen LogP contribution < -0.4 is 4.90 Å². The molecular weight excluding hydrogens is 423 g/mol. The maximum absolute atomic E-state index is 13.2. The lowest BCUT2D eigenvalue weighted by atomic mass is 10.1. The Bertz CT molecular complexity index is 984. The molecule has 0 spiro atoms. The van der Waals surface area contributed by atoms with Gasteiger partial charge in [0.05, 0.1) is 6.33 Å². The first-order chi connectivity index (χ1) is 15.6. The van der Waals surface area contributed by atoms with Gasteiger partial charge in [0.15, 0.2) is 0 Å². The first-order valence-corrected chi connectivity index (χ1v) is 11.9. The van der Waals surface area contributed by atoms with E-state index < -0.39 is 0 Å². The zero-order chi connectivity index (χ0) is 22.3. The predicted molar refractivity (Wildman–Crippen MR) is 128 cm³/mol. The normalized spacial score (nSPS) is 15.1. The summed E-state index contributed by atoms with van der Waals surface area (Å²) in [5, 5.41) is 0.374. The molecule has 2 aromatic carbocycles. The summed E-state index contributed by atoms with van der Waals surface area (Å²) in [6, 6.07) is 15.5. The van der Waals surface area contributed by atoms with Gasteiger partial charge in [-0.1, -0.05) is 12.1 Å². The Labute approximate surface area is 193 Å². The van der Waals surface area contributed by atoms with E-state index in [1.54, 1.807) is 6.92 Å². The zero-order valence-electron chi connectivity index (χ0n) is 18.4. The second-order valence-electron chi connectivity index (χ2n) is 8.15. The van der Waals surface area contributed by atoms with Crippen molar-refractivity contribution >= 4 is 23.4 Å². The number of nitrogens with zero attached hydrogens (tertiary/aromatic N) is 4. The van der Waals surface area contributed by atoms with Gasteiger partial charge in [-0.15, -0.1) is 11.8 Å². The minimum Gasteiger partial charge on any atom is -0.368 e. The minimum atomic E-state index is -0.194. The van der Waals surface area contributed by atoms with E-state index in [2.05, 4.69) is 38.7 Å². The summed E-state index contributed by atoms with van der Waals surface area (Å²) in [5.41, 5.74) is 2.36. The molecule has 1 aromatic heterocycles. The average molecular weight is 453 g/mol. The van der Waals surface area contributed by atoms with Crippen molar-refractivity contribution in [2.45, 2.75) is 36.5 Å². The van der Waals surface area contributed by atoms with Crippen LogP contribution in [0.5, 0.6) is 0 Å². The summed E-state index contributed by atoms with van der Waals surface area (Å²) in [7, 11) is 0. The van der Waals surface area contributed by atoms with Crippen molar-refractivity contribution in [2.75, 3.05) is 31.1 Å². The third-order valence-electron chi connectivity index (χ3n) is 5.87. The molecule has 5 nitrogen and oxygen atoms in total. The van der Waals surface area contributed by atoms with Crippen molar-refractivity contribution < 1.29 is 9.18 Å². The number of halogens is 1. The van der Waals surface area contributed by atoms with Crippen LogP contribution in [0.4, 0.5) is 10.1 Å². The Balaban J connectivity index is 1.37. The first-order valence-electron chi connectivity index (χ1n) is 11.0. The van der Waals surface area contributed by atoms with E-state index in [-0.39, 0.29) is 11.7 Å². The van der Waals surface area contributed by atoms with Crippen LogP contribution >= 0.6 is 11.8 Å². The van der Waals surface area contributed by atoms with Gasteiger partial charge in [-0.05, 0) is 54.8 Å². The Morgan fingerprint density at radius 2 is 1.78 bits per heavy atom. The van der Waals surface area contributed by atoms with Gasteiger partial charge >= 0.3 is 0 Å². The molecule has 0 aliphatic carbocycles. The van der Waals surface area contributed by atoms with E-state index in [1.165, 1.54) is 22.7 Å². The number of benzene rings is 2. The molecule has 168 valence electrons. The number of imidazole rings is 1. The fourth-order valence-electron chi connectivity index (χ4n) is 4.00. The van der Waals surface area contributed by atoms with E-state index >= 15 is 0 Å². The quantitative estimate of drug-likeness (QED) is 0.473. The van der Waals surface area contributed by atoms with Crippen LogP contribution in [0.15, 0.2) is 72.1 Å². The molecular formula is C25H29FN4OS. The number of rotatable bonds is 8. The topological polar surface area (TPSA) is 41.4 Å². The number of hydrogen-bond acceptors (Lipinski definition) is 4. The summed E-state index contributed by atoms with van der Waals surface area (Å²) < 4.78 is 15.3. The van der Waals surface area contributed by atoms with E-state index in [4.69, 9.17) is 0 Å². The fourth-order valence-corrected chi connectivity index (χ4v) is 5.16. The molecule has 0 radical (unpaired) electrons. The lowest BCUT2D eigenvalue weighted by molar-refractivity contribution is -0.129. The fraction of sp³-hybridized carbons (Fsp3) is 0.360. The number of aryl methyl sites for hydroxylation is 1. The molecule has 1 saturated heterocycles. The standard InChI is InChI=1S/C25H29FN4OS/c1-20(31)29-14-16-30(17-15-29)23-7-10-24(11-8-23)32-25(18-28-13-12-27-19-28)9-4-21-2-5-22(26)6-3-21/h2-3,5-8,10-13,19,25H,4,9,14-18H2,1H3. The minimum absolute atomic E-state index is 0.154. The van der Waals surface area contributed by atoms with Crippen LogP contribution in [0.1, 0.15) is 18.9 Å². The first kappa shape index (κ1) is 22.4. The largest absolute Gasteiger partial charge is 0.368 e. The Morgan fingerprint density at radius 3 is 2.41 bits per heavy atom. The third-order valence-corrected chi connectivity index (χ3v) is 7.13. The van der Waals surface area contributed by atoms with Gasteiger partial charge in [-0.2, -0.15) is 0 Å². The van der Waals surface area contributed by atoms with Gasteiger partial charge in [0.25, 0.3) is 0 Å². The number of aromatic nitrogens is 2. The molecule has 1 aliphatic rings. The van der Waals surface area contributed by atoms with Crippen molar-refractivity contribution in [3.63, 3.8) is 0 Å². The summed E-state index contributed by atoms with van der Waals surface area (Å²) in [6.45, 7) is 5.81. The molecule has 0 saturated carbocycles. The monoisotopic (exact) mass is 452 g/mol. The third kappa shape index (κ3) is 6.13. The Kier molecular flexibility index (Phi) is 7.47. The predicted octanol–water partition coefficient (Wildman–Crippen LogP) is 4.48. The highest BCUT2D eigenvalue weighted by atomic mass is 32.2. The molecule has 4 rings (SSSR count). The van der Waals surface area contributed by atoms with Gasteiger partial charge in [-0.3, -0.25) is 4.79 Å². The average Bonchev–Trinajstić information content (AvgIpc) is 3.32. The highest BCUT2D eigenvalue weighted by Crippen LogP contribution is 2.30. The van der Waals surface area contributed by atoms with Crippen molar-refractivity contribution in [2.24, 2.45) is 0 Å². The number of piperazine rings is 1. The van der Waals surface area contributed by atoms with Crippen LogP contribution in [0.2, 0.25) is 0 Å². The lowest BCUT2D eigenvalue weighted by Gasteiger charge is -2.35. The molecule has 3 aromatic rings. The second-order valence-corrected chi connectivity index (χ2v) is 9.53. The van der Waals surface area contributed by atoms with Crippen molar-refractivity contribution in [1.29, 1.82) is 0 Å². The number of amides is 1. The van der Waals surface area contributed by atoms with E-state index in [9.17, 15) is 9.18 Å². The van der Waals surface area contributed by atoms with Gasteiger partial charge < -0.3 is 14.4 Å². The number of hydrogen-bond donors (Lipinski definition) is 0. The molecule has 1 fully saturated rings. The maximum atomic E-state index is 13.2. The van der Waals surface area contributed by atoms with Crippen molar-refractivity contribution in [3.05, 3.63) is 78.6 Å². The number of thioether (sulfide) groups is 1. The summed E-state index contributed by atoms with van der Waals surface area (Å²) in [6.07, 6.45) is 7.56. The van der Waals surface area contributed by atoms with Crippen molar-refractivity contribution in [1.82, 2.24) is 14.5 Å². The van der Waals surface area contributed by atoms with Gasteiger partial charge in [0.1, 0.15) is 5.82 Å². The molecule has 7 heteroatoms. The molecule has 1 amide bonds. The van der Waals surface area contributed by atoms with E-state index in [1.807, 2.05) is 47.5 Å². The lowest BCUT2D eigenvalue weighted by Crippen LogP contribution is -2.48. The highest BCUT2D eigenvalue weighted by molar-refractivity contribution is 8.00. The SMILES string of the molecule is CC(=O)N1CCN(c2ccc(SC(CCc3ccc(F)cc3)Cn3ccnc3)cc2)CC1. The van der Waals surface area contributed by atoms with Crippen LogP contribution in [-0.2, 0) is 17.8 Å². The highest BCUT2D eigenvalue weighted by Gasteiger charge is 2.19. The van der Waals surface area contributed by atoms with Crippen LogP contribution in [0.25, 0.3) is 0 Å². The van der Waals surface area contributed by atoms with Crippen LogP contribution in [0, 0.1) is 5.82 Å². The number of carbonyl (C=O) groups excluding carboxylic acids is 1. The molecule has 1 aliphatic heterocycles. The van der Waals surface area contributed by atoms with Gasteiger partial charge in [0.2, 0.25) is 5.91 Å². The number of carbonyl (C=O) groups is 1. The molecule has 0 N–H and O–H groups in total. The maximum Gasteiger partial charge on any atom is 0.219 e. The molecule has 2 heterocycles. The van der Waals surface area contributed by atoms with E-state index in [0.29, 0.717) is 5.25 Å². The van der Waals surface area contributed by atoms with Gasteiger partial charge in [-0.25, -0.2) is 9.37 Å². The van der Waals surface area contributed by atoms with Crippen molar-refractivity contribution in [3.8, 4) is 0 Å². The van der Waals surface area contributed by atoms with Crippen LogP contribution in [-0.4, -0.2) is 51.8 Å². The second kappa shape index (κ2) is 10.7. The zero-order valence-corrected chi connectivity index (χ0v) is 19.2. The summed E-state index contributed by atoms with van der Waals surface area (Å²) in [4.78, 5) is 21.2. The Morgan fingerprint density at radius 1 is 1.06 bits per heavy atom.